The van der Waals surface area contributed by atoms with Gasteiger partial charge < -0.3 is 21.5 Å². The molecular weight excluding hydrogens is 315 g/mol. The summed E-state index contributed by atoms with van der Waals surface area (Å²) >= 11 is 0. The third-order valence-electron chi connectivity index (χ3n) is 3.32. The molecule has 0 radical (unpaired) electrons. The molecule has 0 saturated heterocycles. The smallest absolute Gasteiger partial charge is 0.383 e. The third-order valence-corrected chi connectivity index (χ3v) is 3.32. The first-order chi connectivity index (χ1) is 10.5. The minimum absolute atomic E-state index is 0.0993. The molecule has 1 aromatic rings. The first kappa shape index (κ1) is 18.9. The summed E-state index contributed by atoms with van der Waals surface area (Å²) in [4.78, 5) is 23.7. The van der Waals surface area contributed by atoms with Crippen molar-refractivity contribution in [2.45, 2.75) is 24.7 Å². The van der Waals surface area contributed by atoms with Gasteiger partial charge in [-0.05, 0) is 24.6 Å². The standard InChI is InChI=1S/C14H18F3N3O3/c1-13(12(19)22,20-11(21)10(18)7-23-2)8-4-3-5-9(6-8)14(15,16)17/h3-6,10H,7,18H2,1-2H3,(H2,19,22)(H,20,21). The van der Waals surface area contributed by atoms with Gasteiger partial charge in [0, 0.05) is 7.11 Å². The van der Waals surface area contributed by atoms with Crippen molar-refractivity contribution in [3.05, 3.63) is 35.4 Å². The second-order valence-corrected chi connectivity index (χ2v) is 5.12. The van der Waals surface area contributed by atoms with Crippen LogP contribution in [0.5, 0.6) is 0 Å². The third kappa shape index (κ3) is 4.42. The van der Waals surface area contributed by atoms with E-state index in [1.165, 1.54) is 20.1 Å². The average molecular weight is 333 g/mol. The predicted octanol–water partition coefficient (Wildman–Crippen LogP) is 0.496. The Kier molecular flexibility index (Phi) is 5.73. The molecule has 0 aromatic heterocycles. The van der Waals surface area contributed by atoms with Crippen LogP contribution < -0.4 is 16.8 Å². The summed E-state index contributed by atoms with van der Waals surface area (Å²) in [5.41, 5.74) is 7.92. The molecule has 5 N–H and O–H groups in total. The van der Waals surface area contributed by atoms with Gasteiger partial charge in [0.05, 0.1) is 12.2 Å². The van der Waals surface area contributed by atoms with E-state index in [0.29, 0.717) is 0 Å². The molecule has 0 aliphatic rings. The van der Waals surface area contributed by atoms with Crippen molar-refractivity contribution < 1.29 is 27.5 Å². The molecule has 23 heavy (non-hydrogen) atoms. The Bertz CT molecular complexity index is 592. The maximum absolute atomic E-state index is 12.8. The molecule has 0 aliphatic heterocycles. The summed E-state index contributed by atoms with van der Waals surface area (Å²) < 4.78 is 43.1. The van der Waals surface area contributed by atoms with Crippen LogP contribution in [0, 0.1) is 0 Å². The van der Waals surface area contributed by atoms with Gasteiger partial charge in [0.1, 0.15) is 11.6 Å². The van der Waals surface area contributed by atoms with Crippen LogP contribution in [0.1, 0.15) is 18.1 Å². The molecule has 6 nitrogen and oxygen atoms in total. The van der Waals surface area contributed by atoms with E-state index in [1.807, 2.05) is 0 Å². The molecule has 1 aromatic carbocycles. The number of amides is 2. The van der Waals surface area contributed by atoms with Crippen LogP contribution in [0.3, 0.4) is 0 Å². The first-order valence-electron chi connectivity index (χ1n) is 6.56. The summed E-state index contributed by atoms with van der Waals surface area (Å²) in [6, 6.07) is 2.91. The average Bonchev–Trinajstić information content (AvgIpc) is 2.46. The zero-order valence-electron chi connectivity index (χ0n) is 12.6. The Morgan fingerprint density at radius 3 is 2.35 bits per heavy atom. The summed E-state index contributed by atoms with van der Waals surface area (Å²) in [6.45, 7) is 1.09. The van der Waals surface area contributed by atoms with E-state index in [1.54, 1.807) is 0 Å². The number of carbonyl (C=O) groups excluding carboxylic acids is 2. The Morgan fingerprint density at radius 2 is 1.87 bits per heavy atom. The molecule has 0 bridgehead atoms. The van der Waals surface area contributed by atoms with E-state index in [4.69, 9.17) is 16.2 Å². The summed E-state index contributed by atoms with van der Waals surface area (Å²) in [5.74, 6) is -1.79. The van der Waals surface area contributed by atoms with Crippen LogP contribution >= 0.6 is 0 Å². The zero-order valence-corrected chi connectivity index (χ0v) is 12.6. The quantitative estimate of drug-likeness (QED) is 0.704. The fourth-order valence-electron chi connectivity index (χ4n) is 1.88. The number of hydrogen-bond donors (Lipinski definition) is 3. The second kappa shape index (κ2) is 6.97. The van der Waals surface area contributed by atoms with Crippen molar-refractivity contribution in [3.63, 3.8) is 0 Å². The van der Waals surface area contributed by atoms with E-state index in [-0.39, 0.29) is 12.2 Å². The minimum Gasteiger partial charge on any atom is -0.383 e. The Labute approximate surface area is 131 Å². The van der Waals surface area contributed by atoms with Gasteiger partial charge in [0.15, 0.2) is 0 Å². The lowest BCUT2D eigenvalue weighted by atomic mass is 9.89. The van der Waals surface area contributed by atoms with Crippen LogP contribution in [-0.2, 0) is 26.0 Å². The van der Waals surface area contributed by atoms with Crippen molar-refractivity contribution in [3.8, 4) is 0 Å². The fourth-order valence-corrected chi connectivity index (χ4v) is 1.88. The van der Waals surface area contributed by atoms with Crippen molar-refractivity contribution >= 4 is 11.8 Å². The Hall–Kier alpha value is -2.13. The highest BCUT2D eigenvalue weighted by Crippen LogP contribution is 2.32. The Balaban J connectivity index is 3.20. The molecule has 2 unspecified atom stereocenters. The summed E-state index contributed by atoms with van der Waals surface area (Å²) in [7, 11) is 1.33. The monoisotopic (exact) mass is 333 g/mol. The zero-order chi connectivity index (χ0) is 17.8. The van der Waals surface area contributed by atoms with Gasteiger partial charge in [0.2, 0.25) is 11.8 Å². The molecule has 2 atom stereocenters. The first-order valence-corrected chi connectivity index (χ1v) is 6.56. The molecular formula is C14H18F3N3O3. The fraction of sp³-hybridized carbons (Fsp3) is 0.429. The number of ether oxygens (including phenoxy) is 1. The summed E-state index contributed by atoms with van der Waals surface area (Å²) in [5, 5.41) is 2.29. The molecule has 1 rings (SSSR count). The van der Waals surface area contributed by atoms with Gasteiger partial charge >= 0.3 is 6.18 Å². The highest BCUT2D eigenvalue weighted by atomic mass is 19.4. The highest BCUT2D eigenvalue weighted by molar-refractivity contribution is 5.92. The minimum atomic E-state index is -4.59. The van der Waals surface area contributed by atoms with E-state index in [0.717, 1.165) is 18.2 Å². The molecule has 2 amide bonds. The van der Waals surface area contributed by atoms with Crippen LogP contribution in [0.15, 0.2) is 24.3 Å². The van der Waals surface area contributed by atoms with Gasteiger partial charge in [-0.15, -0.1) is 0 Å². The van der Waals surface area contributed by atoms with E-state index >= 15 is 0 Å². The number of benzene rings is 1. The normalized spacial score (nSPS) is 15.6. The maximum atomic E-state index is 12.8. The molecule has 0 fully saturated rings. The number of nitrogens with two attached hydrogens (primary N) is 2. The molecule has 9 heteroatoms. The number of rotatable bonds is 6. The summed E-state index contributed by atoms with van der Waals surface area (Å²) in [6.07, 6.45) is -4.59. The van der Waals surface area contributed by atoms with Crippen LogP contribution in [0.25, 0.3) is 0 Å². The van der Waals surface area contributed by atoms with Crippen molar-refractivity contribution in [2.24, 2.45) is 11.5 Å². The molecule has 0 aliphatic carbocycles. The van der Waals surface area contributed by atoms with Crippen LogP contribution in [0.4, 0.5) is 13.2 Å². The topological polar surface area (TPSA) is 107 Å². The second-order valence-electron chi connectivity index (χ2n) is 5.12. The number of primary amides is 1. The van der Waals surface area contributed by atoms with Crippen molar-refractivity contribution in [2.75, 3.05) is 13.7 Å². The molecule has 0 saturated carbocycles. The number of hydrogen-bond acceptors (Lipinski definition) is 4. The lowest BCUT2D eigenvalue weighted by molar-refractivity contribution is -0.138. The van der Waals surface area contributed by atoms with Gasteiger partial charge in [0.25, 0.3) is 0 Å². The lowest BCUT2D eigenvalue weighted by Crippen LogP contribution is -2.57. The van der Waals surface area contributed by atoms with Gasteiger partial charge in [-0.1, -0.05) is 12.1 Å². The van der Waals surface area contributed by atoms with Crippen LogP contribution in [-0.4, -0.2) is 31.6 Å². The molecule has 0 heterocycles. The number of nitrogens with one attached hydrogen (secondary N) is 1. The predicted molar refractivity (Wildman–Crippen MR) is 76.0 cm³/mol. The maximum Gasteiger partial charge on any atom is 0.416 e. The van der Waals surface area contributed by atoms with E-state index in [9.17, 15) is 22.8 Å². The molecule has 128 valence electrons. The van der Waals surface area contributed by atoms with E-state index < -0.39 is 35.1 Å². The SMILES string of the molecule is COCC(N)C(=O)NC(C)(C(N)=O)c1cccc(C(F)(F)F)c1. The van der Waals surface area contributed by atoms with Gasteiger partial charge in [-0.3, -0.25) is 9.59 Å². The largest absolute Gasteiger partial charge is 0.416 e. The highest BCUT2D eigenvalue weighted by Gasteiger charge is 2.38. The number of alkyl halides is 3. The van der Waals surface area contributed by atoms with Crippen molar-refractivity contribution in [1.29, 1.82) is 0 Å². The Morgan fingerprint density at radius 1 is 1.30 bits per heavy atom. The van der Waals surface area contributed by atoms with Gasteiger partial charge in [-0.25, -0.2) is 0 Å². The number of carbonyl (C=O) groups is 2. The number of methoxy groups -OCH3 is 1. The number of halogens is 3. The lowest BCUT2D eigenvalue weighted by Gasteiger charge is -2.29. The molecule has 0 spiro atoms. The van der Waals surface area contributed by atoms with Crippen molar-refractivity contribution in [1.82, 2.24) is 5.32 Å². The van der Waals surface area contributed by atoms with Gasteiger partial charge in [-0.2, -0.15) is 13.2 Å². The van der Waals surface area contributed by atoms with E-state index in [2.05, 4.69) is 5.32 Å². The van der Waals surface area contributed by atoms with Crippen LogP contribution in [0.2, 0.25) is 0 Å².